The molecule has 4 rings (SSSR count). The monoisotopic (exact) mass is 660 g/mol. The molecule has 47 heavy (non-hydrogen) atoms. The van der Waals surface area contributed by atoms with Gasteiger partial charge in [-0.05, 0) is 50.0 Å². The van der Waals surface area contributed by atoms with Crippen LogP contribution in [0.2, 0.25) is 0 Å². The fraction of sp³-hybridized carbons (Fsp3) is 0.378. The Morgan fingerprint density at radius 2 is 1.83 bits per heavy atom. The first-order valence-corrected chi connectivity index (χ1v) is 17.0. The summed E-state index contributed by atoms with van der Waals surface area (Å²) in [7, 11) is 5.57. The van der Waals surface area contributed by atoms with E-state index >= 15 is 0 Å². The number of methoxy groups -OCH3 is 1. The second kappa shape index (κ2) is 20.1. The SMILES string of the molecule is C=CC(=O)Nc1cc(N(C)c2ncc(S/C=C\C)c(-c3cn(C)c(/C=C\C=C/C)c3C)n2)c(OC)cc1N1CCOCC1.CC.CC. The molecule has 0 aliphatic carbocycles. The Hall–Kier alpha value is -4.28. The molecule has 254 valence electrons. The normalized spacial score (nSPS) is 12.9. The third kappa shape index (κ3) is 9.86. The van der Waals surface area contributed by atoms with Gasteiger partial charge in [-0.1, -0.05) is 70.3 Å². The number of rotatable bonds is 11. The van der Waals surface area contributed by atoms with Gasteiger partial charge in [-0.3, -0.25) is 4.79 Å². The number of ether oxygens (including phenoxy) is 2. The van der Waals surface area contributed by atoms with Gasteiger partial charge < -0.3 is 29.2 Å². The number of aryl methyl sites for hydroxylation is 1. The molecule has 0 saturated carbocycles. The molecular formula is C37H52N6O3S. The molecule has 0 atom stereocenters. The molecule has 3 heterocycles. The lowest BCUT2D eigenvalue weighted by Gasteiger charge is -2.32. The molecular weight excluding hydrogens is 609 g/mol. The van der Waals surface area contributed by atoms with Crippen molar-refractivity contribution in [1.82, 2.24) is 14.5 Å². The predicted molar refractivity (Wildman–Crippen MR) is 201 cm³/mol. The maximum atomic E-state index is 12.4. The molecule has 1 amide bonds. The van der Waals surface area contributed by atoms with Gasteiger partial charge in [0, 0.05) is 56.9 Å². The van der Waals surface area contributed by atoms with E-state index in [0.717, 1.165) is 33.1 Å². The number of hydrogen-bond donors (Lipinski definition) is 1. The average molecular weight is 661 g/mol. The van der Waals surface area contributed by atoms with Crippen molar-refractivity contribution in [2.24, 2.45) is 7.05 Å². The van der Waals surface area contributed by atoms with E-state index in [1.165, 1.54) is 6.08 Å². The van der Waals surface area contributed by atoms with Gasteiger partial charge in [0.1, 0.15) is 5.75 Å². The quantitative estimate of drug-likeness (QED) is 0.124. The lowest BCUT2D eigenvalue weighted by molar-refractivity contribution is -0.111. The highest BCUT2D eigenvalue weighted by Gasteiger charge is 2.23. The number of morpholine rings is 1. The summed E-state index contributed by atoms with van der Waals surface area (Å²) in [5.74, 6) is 0.828. The molecule has 10 heteroatoms. The van der Waals surface area contributed by atoms with Crippen LogP contribution in [0.5, 0.6) is 5.75 Å². The van der Waals surface area contributed by atoms with Crippen LogP contribution in [0.1, 0.15) is 52.8 Å². The summed E-state index contributed by atoms with van der Waals surface area (Å²) in [4.78, 5) is 27.3. The molecule has 1 fully saturated rings. The van der Waals surface area contributed by atoms with Gasteiger partial charge in [0.15, 0.2) is 0 Å². The lowest BCUT2D eigenvalue weighted by Crippen LogP contribution is -2.36. The Bertz CT molecular complexity index is 1550. The Kier molecular flexibility index (Phi) is 16.6. The fourth-order valence-electron chi connectivity index (χ4n) is 4.89. The number of amides is 1. The van der Waals surface area contributed by atoms with E-state index in [4.69, 9.17) is 19.4 Å². The van der Waals surface area contributed by atoms with E-state index in [2.05, 4.69) is 40.6 Å². The summed E-state index contributed by atoms with van der Waals surface area (Å²) in [6.07, 6.45) is 15.4. The van der Waals surface area contributed by atoms with Crippen molar-refractivity contribution < 1.29 is 14.3 Å². The standard InChI is InChI=1S/C33H40N6O3S.2C2H6/c1-8-11-12-13-26-23(4)24(22-37(26)5)32-30(43-18-9-2)21-34-33(36-32)38(6)28-19-25(35-31(40)10-3)27(20-29(28)41-7)39-14-16-42-17-15-39;2*1-2/h8-13,18-22H,3,14-17H2,1-2,4-7H3,(H,35,40);2*1-2H3/b11-8-,13-12-,18-9-;;. The number of nitrogens with zero attached hydrogens (tertiary/aromatic N) is 5. The van der Waals surface area contributed by atoms with Gasteiger partial charge in [-0.2, -0.15) is 0 Å². The summed E-state index contributed by atoms with van der Waals surface area (Å²) >= 11 is 1.58. The number of nitrogens with one attached hydrogen (secondary N) is 1. The Labute approximate surface area is 286 Å². The van der Waals surface area contributed by atoms with E-state index < -0.39 is 0 Å². The van der Waals surface area contributed by atoms with E-state index in [-0.39, 0.29) is 5.91 Å². The summed E-state index contributed by atoms with van der Waals surface area (Å²) < 4.78 is 13.5. The zero-order valence-corrected chi connectivity index (χ0v) is 30.6. The summed E-state index contributed by atoms with van der Waals surface area (Å²) in [6.45, 7) is 20.4. The highest BCUT2D eigenvalue weighted by molar-refractivity contribution is 8.02. The van der Waals surface area contributed by atoms with Crippen LogP contribution in [0.3, 0.4) is 0 Å². The molecule has 0 radical (unpaired) electrons. The van der Waals surface area contributed by atoms with Crippen molar-refractivity contribution in [2.45, 2.75) is 53.4 Å². The number of benzene rings is 1. The third-order valence-corrected chi connectivity index (χ3v) is 8.09. The molecule has 1 saturated heterocycles. The van der Waals surface area contributed by atoms with Crippen LogP contribution in [0.4, 0.5) is 23.0 Å². The number of aromatic nitrogens is 3. The summed E-state index contributed by atoms with van der Waals surface area (Å²) in [5, 5.41) is 5.00. The lowest BCUT2D eigenvalue weighted by atomic mass is 10.1. The molecule has 1 aliphatic heterocycles. The first-order chi connectivity index (χ1) is 22.8. The molecule has 0 unspecified atom stereocenters. The highest BCUT2D eigenvalue weighted by atomic mass is 32.2. The minimum absolute atomic E-state index is 0.295. The van der Waals surface area contributed by atoms with E-state index in [1.807, 2.05) is 109 Å². The molecule has 1 N–H and O–H groups in total. The maximum Gasteiger partial charge on any atom is 0.247 e. The van der Waals surface area contributed by atoms with Crippen molar-refractivity contribution in [1.29, 1.82) is 0 Å². The maximum absolute atomic E-state index is 12.4. The van der Waals surface area contributed by atoms with Crippen LogP contribution in [-0.4, -0.2) is 60.9 Å². The van der Waals surface area contributed by atoms with Crippen molar-refractivity contribution in [2.75, 3.05) is 55.6 Å². The first-order valence-electron chi connectivity index (χ1n) is 16.1. The Morgan fingerprint density at radius 3 is 2.45 bits per heavy atom. The minimum atomic E-state index is -0.295. The third-order valence-electron chi connectivity index (χ3n) is 7.13. The van der Waals surface area contributed by atoms with Crippen molar-refractivity contribution in [3.05, 3.63) is 78.2 Å². The average Bonchev–Trinajstić information content (AvgIpc) is 3.40. The molecule has 1 aliphatic rings. The Balaban J connectivity index is 0.00000185. The van der Waals surface area contributed by atoms with Crippen LogP contribution in [0, 0.1) is 6.92 Å². The molecule has 9 nitrogen and oxygen atoms in total. The van der Waals surface area contributed by atoms with Crippen LogP contribution < -0.4 is 19.9 Å². The fourth-order valence-corrected chi connectivity index (χ4v) is 5.55. The zero-order valence-electron chi connectivity index (χ0n) is 29.8. The summed E-state index contributed by atoms with van der Waals surface area (Å²) in [6, 6.07) is 3.84. The van der Waals surface area contributed by atoms with Crippen LogP contribution in [0.25, 0.3) is 17.3 Å². The van der Waals surface area contributed by atoms with E-state index in [1.54, 1.807) is 18.9 Å². The van der Waals surface area contributed by atoms with Crippen molar-refractivity contribution >= 4 is 46.8 Å². The van der Waals surface area contributed by atoms with E-state index in [0.29, 0.717) is 49.4 Å². The smallest absolute Gasteiger partial charge is 0.247 e. The van der Waals surface area contributed by atoms with E-state index in [9.17, 15) is 4.79 Å². The molecule has 0 spiro atoms. The second-order valence-electron chi connectivity index (χ2n) is 9.91. The number of hydrogen-bond acceptors (Lipinski definition) is 8. The van der Waals surface area contributed by atoms with Crippen LogP contribution in [0.15, 0.2) is 71.8 Å². The number of carbonyl (C=O) groups excluding carboxylic acids is 1. The Morgan fingerprint density at radius 1 is 1.13 bits per heavy atom. The number of allylic oxidation sites excluding steroid dienone is 4. The second-order valence-corrected chi connectivity index (χ2v) is 10.9. The van der Waals surface area contributed by atoms with Crippen molar-refractivity contribution in [3.63, 3.8) is 0 Å². The molecule has 2 aromatic heterocycles. The van der Waals surface area contributed by atoms with Gasteiger partial charge in [-0.25, -0.2) is 9.97 Å². The zero-order chi connectivity index (χ0) is 34.9. The summed E-state index contributed by atoms with van der Waals surface area (Å²) in [5.41, 5.74) is 6.30. The van der Waals surface area contributed by atoms with Crippen molar-refractivity contribution in [3.8, 4) is 17.0 Å². The topological polar surface area (TPSA) is 84.8 Å². The van der Waals surface area contributed by atoms with Gasteiger partial charge in [0.25, 0.3) is 0 Å². The molecule has 1 aromatic carbocycles. The predicted octanol–water partition coefficient (Wildman–Crippen LogP) is 8.80. The van der Waals surface area contributed by atoms with Gasteiger partial charge in [0.2, 0.25) is 11.9 Å². The highest BCUT2D eigenvalue weighted by Crippen LogP contribution is 2.42. The number of anilines is 4. The largest absolute Gasteiger partial charge is 0.494 e. The molecule has 3 aromatic rings. The minimum Gasteiger partial charge on any atom is -0.494 e. The van der Waals surface area contributed by atoms with Gasteiger partial charge in [-0.15, -0.1) is 0 Å². The van der Waals surface area contributed by atoms with Crippen LogP contribution in [-0.2, 0) is 16.6 Å². The van der Waals surface area contributed by atoms with Gasteiger partial charge >= 0.3 is 0 Å². The number of thioether (sulfide) groups is 1. The molecule has 0 bridgehead atoms. The first kappa shape index (κ1) is 38.9. The van der Waals surface area contributed by atoms with Crippen LogP contribution >= 0.6 is 11.8 Å². The van der Waals surface area contributed by atoms with Gasteiger partial charge in [0.05, 0.1) is 48.0 Å². The number of carbonyl (C=O) groups is 1.